The average molecular weight is 459 g/mol. The molecule has 0 saturated heterocycles. The minimum absolute atomic E-state index is 0.156. The summed E-state index contributed by atoms with van der Waals surface area (Å²) < 4.78 is 15.3. The number of esters is 2. The van der Waals surface area contributed by atoms with Gasteiger partial charge in [0, 0.05) is 5.57 Å². The quantitative estimate of drug-likeness (QED) is 0.513. The van der Waals surface area contributed by atoms with Crippen molar-refractivity contribution in [3.05, 3.63) is 105 Å². The smallest absolute Gasteiger partial charge is 0.339 e. The van der Waals surface area contributed by atoms with Crippen LogP contribution in [0.5, 0.6) is 5.75 Å². The summed E-state index contributed by atoms with van der Waals surface area (Å²) in [5.41, 5.74) is 5.64. The molecule has 0 spiro atoms. The fourth-order valence-electron chi connectivity index (χ4n) is 3.84. The molecule has 0 radical (unpaired) electrons. The van der Waals surface area contributed by atoms with Crippen LogP contribution >= 0.6 is 0 Å². The number of allylic oxidation sites excluding steroid dienone is 11. The van der Waals surface area contributed by atoms with Crippen molar-refractivity contribution in [1.82, 2.24) is 0 Å². The predicted molar refractivity (Wildman–Crippen MR) is 134 cm³/mol. The zero-order valence-electron chi connectivity index (χ0n) is 20.5. The van der Waals surface area contributed by atoms with Gasteiger partial charge in [-0.1, -0.05) is 62.4 Å². The maximum absolute atomic E-state index is 13.0. The predicted octanol–water partition coefficient (Wildman–Crippen LogP) is 5.69. The Morgan fingerprint density at radius 1 is 0.853 bits per heavy atom. The van der Waals surface area contributed by atoms with Gasteiger partial charge < -0.3 is 14.2 Å². The molecule has 0 heterocycles. The summed E-state index contributed by atoms with van der Waals surface area (Å²) in [5.74, 6) is -0.144. The highest BCUT2D eigenvalue weighted by Gasteiger charge is 2.31. The minimum Gasteiger partial charge on any atom is -0.497 e. The Hall–Kier alpha value is -3.86. The van der Waals surface area contributed by atoms with E-state index in [0.29, 0.717) is 5.57 Å². The first kappa shape index (κ1) is 24.8. The van der Waals surface area contributed by atoms with Crippen LogP contribution in [0.1, 0.15) is 26.3 Å². The molecule has 2 aliphatic rings. The average Bonchev–Trinajstić information content (AvgIpc) is 3.11. The molecular formula is C29H30O5. The van der Waals surface area contributed by atoms with Gasteiger partial charge >= 0.3 is 11.9 Å². The number of carbonyl (C=O) groups excluding carboxylic acids is 2. The number of carbonyl (C=O) groups is 2. The van der Waals surface area contributed by atoms with Crippen LogP contribution in [0.2, 0.25) is 0 Å². The molecule has 0 atom stereocenters. The standard InChI is InChI=1S/C29H30O5/c1-18(2)22-11-7-19(3)26-25(17-22)21(12-8-20-9-14-23(32-4)15-10-20)13-16-24(28(30)33-5)27(26)29(31)34-6/h7-18H,1-6H3. The molecule has 3 rings (SSSR count). The maximum Gasteiger partial charge on any atom is 0.339 e. The first-order valence-electron chi connectivity index (χ1n) is 11.1. The van der Waals surface area contributed by atoms with Crippen molar-refractivity contribution in [3.8, 4) is 5.75 Å². The molecule has 0 bridgehead atoms. The number of hydrogen-bond acceptors (Lipinski definition) is 5. The van der Waals surface area contributed by atoms with E-state index in [9.17, 15) is 9.59 Å². The highest BCUT2D eigenvalue weighted by molar-refractivity contribution is 6.09. The molecule has 0 fully saturated rings. The Bertz CT molecular complexity index is 1200. The van der Waals surface area contributed by atoms with E-state index in [1.165, 1.54) is 14.2 Å². The van der Waals surface area contributed by atoms with Gasteiger partial charge in [-0.3, -0.25) is 0 Å². The molecule has 1 aromatic rings. The van der Waals surface area contributed by atoms with Gasteiger partial charge in [0.25, 0.3) is 0 Å². The Kier molecular flexibility index (Phi) is 7.90. The van der Waals surface area contributed by atoms with Gasteiger partial charge in [-0.25, -0.2) is 9.59 Å². The highest BCUT2D eigenvalue weighted by atomic mass is 16.5. The molecule has 0 aliphatic heterocycles. The first-order valence-corrected chi connectivity index (χ1v) is 11.1. The van der Waals surface area contributed by atoms with Crippen LogP contribution in [-0.2, 0) is 19.1 Å². The molecule has 1 aromatic carbocycles. The molecule has 0 saturated carbocycles. The van der Waals surface area contributed by atoms with E-state index in [1.807, 2.05) is 55.5 Å². The van der Waals surface area contributed by atoms with Crippen molar-refractivity contribution in [2.24, 2.45) is 5.92 Å². The van der Waals surface area contributed by atoms with Crippen molar-refractivity contribution in [2.45, 2.75) is 20.8 Å². The maximum atomic E-state index is 13.0. The van der Waals surface area contributed by atoms with E-state index in [4.69, 9.17) is 14.2 Å². The lowest BCUT2D eigenvalue weighted by Gasteiger charge is -2.18. The van der Waals surface area contributed by atoms with Gasteiger partial charge in [-0.15, -0.1) is 0 Å². The Balaban J connectivity index is 2.26. The zero-order valence-corrected chi connectivity index (χ0v) is 20.5. The van der Waals surface area contributed by atoms with E-state index in [0.717, 1.165) is 33.6 Å². The number of rotatable bonds is 6. The summed E-state index contributed by atoms with van der Waals surface area (Å²) in [7, 11) is 4.24. The van der Waals surface area contributed by atoms with Crippen LogP contribution in [0.15, 0.2) is 99.7 Å². The summed E-state index contributed by atoms with van der Waals surface area (Å²) in [4.78, 5) is 25.7. The van der Waals surface area contributed by atoms with E-state index in [2.05, 4.69) is 26.0 Å². The van der Waals surface area contributed by atoms with Crippen LogP contribution in [0.4, 0.5) is 0 Å². The van der Waals surface area contributed by atoms with Gasteiger partial charge in [-0.05, 0) is 58.9 Å². The molecule has 2 aliphatic carbocycles. The van der Waals surface area contributed by atoms with Crippen molar-refractivity contribution in [1.29, 1.82) is 0 Å². The van der Waals surface area contributed by atoms with Crippen LogP contribution in [-0.4, -0.2) is 33.3 Å². The SMILES string of the molecule is COC(=O)C1=CC=C(C=Cc2ccc(OC)cc2)C2=CC(C(C)C)=CC=C(C)C2=C1C(=O)OC. The van der Waals surface area contributed by atoms with E-state index in [1.54, 1.807) is 13.2 Å². The third kappa shape index (κ3) is 5.20. The largest absolute Gasteiger partial charge is 0.497 e. The normalized spacial score (nSPS) is 15.9. The number of methoxy groups -OCH3 is 3. The summed E-state index contributed by atoms with van der Waals surface area (Å²) in [6, 6.07) is 7.72. The fourth-order valence-corrected chi connectivity index (χ4v) is 3.84. The number of hydrogen-bond donors (Lipinski definition) is 0. The highest BCUT2D eigenvalue weighted by Crippen LogP contribution is 2.39. The van der Waals surface area contributed by atoms with Crippen LogP contribution in [0, 0.1) is 5.92 Å². The Morgan fingerprint density at radius 2 is 1.53 bits per heavy atom. The lowest BCUT2D eigenvalue weighted by atomic mass is 9.86. The van der Waals surface area contributed by atoms with Crippen molar-refractivity contribution >= 4 is 18.0 Å². The topological polar surface area (TPSA) is 61.8 Å². The van der Waals surface area contributed by atoms with E-state index >= 15 is 0 Å². The fraction of sp³-hybridized carbons (Fsp3) is 0.241. The van der Waals surface area contributed by atoms with Crippen molar-refractivity contribution in [2.75, 3.05) is 21.3 Å². The number of benzene rings is 1. The molecule has 0 amide bonds. The third-order valence-electron chi connectivity index (χ3n) is 5.79. The van der Waals surface area contributed by atoms with Gasteiger partial charge in [-0.2, -0.15) is 0 Å². The van der Waals surface area contributed by atoms with Crippen molar-refractivity contribution < 1.29 is 23.8 Å². The second-order valence-corrected chi connectivity index (χ2v) is 8.27. The lowest BCUT2D eigenvalue weighted by Crippen LogP contribution is -2.17. The van der Waals surface area contributed by atoms with E-state index < -0.39 is 11.9 Å². The van der Waals surface area contributed by atoms with Gasteiger partial charge in [0.2, 0.25) is 0 Å². The molecule has 0 unspecified atom stereocenters. The Morgan fingerprint density at radius 3 is 2.12 bits per heavy atom. The molecular weight excluding hydrogens is 428 g/mol. The van der Waals surface area contributed by atoms with Crippen molar-refractivity contribution in [3.63, 3.8) is 0 Å². The molecule has 5 heteroatoms. The summed E-state index contributed by atoms with van der Waals surface area (Å²) in [5, 5.41) is 0. The van der Waals surface area contributed by atoms with Crippen LogP contribution in [0.25, 0.3) is 6.08 Å². The third-order valence-corrected chi connectivity index (χ3v) is 5.79. The second kappa shape index (κ2) is 10.8. The second-order valence-electron chi connectivity index (χ2n) is 8.27. The van der Waals surface area contributed by atoms with Gasteiger partial charge in [0.15, 0.2) is 0 Å². The summed E-state index contributed by atoms with van der Waals surface area (Å²) in [6.07, 6.45) is 13.5. The summed E-state index contributed by atoms with van der Waals surface area (Å²) in [6.45, 7) is 6.16. The molecule has 34 heavy (non-hydrogen) atoms. The zero-order chi connectivity index (χ0) is 24.8. The van der Waals surface area contributed by atoms with Crippen LogP contribution < -0.4 is 4.74 Å². The molecule has 0 N–H and O–H groups in total. The molecule has 176 valence electrons. The van der Waals surface area contributed by atoms with Gasteiger partial charge in [0.05, 0.1) is 32.5 Å². The van der Waals surface area contributed by atoms with Crippen LogP contribution in [0.3, 0.4) is 0 Å². The number of fused-ring (bicyclic) bond motifs is 1. The van der Waals surface area contributed by atoms with Gasteiger partial charge in [0.1, 0.15) is 5.75 Å². The minimum atomic E-state index is -0.599. The number of ether oxygens (including phenoxy) is 3. The molecule has 5 nitrogen and oxygen atoms in total. The van der Waals surface area contributed by atoms with E-state index in [-0.39, 0.29) is 17.1 Å². The Labute approximate surface area is 201 Å². The first-order chi connectivity index (χ1) is 16.3. The monoisotopic (exact) mass is 458 g/mol. The lowest BCUT2D eigenvalue weighted by molar-refractivity contribution is -0.139. The molecule has 0 aromatic heterocycles. The summed E-state index contributed by atoms with van der Waals surface area (Å²) >= 11 is 0.